The summed E-state index contributed by atoms with van der Waals surface area (Å²) in [5.74, 6) is 1.77. The number of hydrogen-bond acceptors (Lipinski definition) is 5. The topological polar surface area (TPSA) is 67.9 Å². The molecule has 0 spiro atoms. The van der Waals surface area contributed by atoms with Crippen LogP contribution in [0.25, 0.3) is 0 Å². The second-order valence-electron chi connectivity index (χ2n) is 6.43. The van der Waals surface area contributed by atoms with Gasteiger partial charge >= 0.3 is 0 Å². The minimum atomic E-state index is -0.205. The van der Waals surface area contributed by atoms with Gasteiger partial charge in [-0.25, -0.2) is 0 Å². The van der Waals surface area contributed by atoms with Crippen LogP contribution in [0.3, 0.4) is 0 Å². The Labute approximate surface area is 169 Å². The van der Waals surface area contributed by atoms with Crippen molar-refractivity contribution in [3.63, 3.8) is 0 Å². The van der Waals surface area contributed by atoms with Crippen LogP contribution in [0.15, 0.2) is 41.3 Å². The van der Waals surface area contributed by atoms with Crippen molar-refractivity contribution in [1.29, 1.82) is 0 Å². The van der Waals surface area contributed by atoms with E-state index in [2.05, 4.69) is 5.32 Å². The summed E-state index contributed by atoms with van der Waals surface area (Å²) in [6, 6.07) is 11.4. The first kappa shape index (κ1) is 20.1. The van der Waals surface area contributed by atoms with Crippen LogP contribution in [-0.4, -0.2) is 38.3 Å². The van der Waals surface area contributed by atoms with E-state index < -0.39 is 0 Å². The largest absolute Gasteiger partial charge is 0.493 e. The molecule has 0 saturated carbocycles. The Morgan fingerprint density at radius 1 is 1.11 bits per heavy atom. The molecule has 0 unspecified atom stereocenters. The van der Waals surface area contributed by atoms with Crippen molar-refractivity contribution < 1.29 is 19.1 Å². The molecule has 0 atom stereocenters. The molecule has 1 aliphatic rings. The van der Waals surface area contributed by atoms with Crippen molar-refractivity contribution >= 4 is 35.0 Å². The molecule has 1 N–H and O–H groups in total. The second-order valence-corrected chi connectivity index (χ2v) is 7.57. The van der Waals surface area contributed by atoms with Crippen molar-refractivity contribution in [1.82, 2.24) is 0 Å². The number of amides is 2. The molecule has 0 fully saturated rings. The van der Waals surface area contributed by atoms with E-state index in [4.69, 9.17) is 9.47 Å². The van der Waals surface area contributed by atoms with E-state index in [-0.39, 0.29) is 24.7 Å². The number of methoxy groups -OCH3 is 2. The van der Waals surface area contributed by atoms with Crippen LogP contribution in [0.2, 0.25) is 0 Å². The SMILES string of the molecule is COc1cc(C)c(NC(=O)CCC(=O)N2CCSc3ccccc32)cc1OC. The molecule has 148 valence electrons. The summed E-state index contributed by atoms with van der Waals surface area (Å²) in [5, 5.41) is 2.86. The first-order chi connectivity index (χ1) is 13.5. The monoisotopic (exact) mass is 400 g/mol. The lowest BCUT2D eigenvalue weighted by Gasteiger charge is -2.29. The molecule has 2 aromatic carbocycles. The molecule has 6 nitrogen and oxygen atoms in total. The number of hydrogen-bond donors (Lipinski definition) is 1. The number of thioether (sulfide) groups is 1. The highest BCUT2D eigenvalue weighted by Gasteiger charge is 2.23. The fourth-order valence-corrected chi connectivity index (χ4v) is 4.11. The van der Waals surface area contributed by atoms with Crippen LogP contribution in [0.5, 0.6) is 11.5 Å². The highest BCUT2D eigenvalue weighted by atomic mass is 32.2. The number of ether oxygens (including phenoxy) is 2. The molecule has 2 amide bonds. The van der Waals surface area contributed by atoms with Gasteiger partial charge in [-0.1, -0.05) is 12.1 Å². The summed E-state index contributed by atoms with van der Waals surface area (Å²) < 4.78 is 10.5. The van der Waals surface area contributed by atoms with Gasteiger partial charge in [0.2, 0.25) is 11.8 Å². The highest BCUT2D eigenvalue weighted by molar-refractivity contribution is 7.99. The predicted molar refractivity (Wildman–Crippen MR) is 112 cm³/mol. The lowest BCUT2D eigenvalue weighted by atomic mass is 10.1. The molecule has 0 aromatic heterocycles. The summed E-state index contributed by atoms with van der Waals surface area (Å²) in [5.41, 5.74) is 2.44. The normalized spacial score (nSPS) is 12.9. The smallest absolute Gasteiger partial charge is 0.227 e. The number of benzene rings is 2. The van der Waals surface area contributed by atoms with Gasteiger partial charge in [-0.15, -0.1) is 11.8 Å². The van der Waals surface area contributed by atoms with Crippen LogP contribution in [0.1, 0.15) is 18.4 Å². The average Bonchev–Trinajstić information content (AvgIpc) is 2.72. The first-order valence-electron chi connectivity index (χ1n) is 9.08. The lowest BCUT2D eigenvalue weighted by Crippen LogP contribution is -2.35. The van der Waals surface area contributed by atoms with Crippen molar-refractivity contribution in [3.8, 4) is 11.5 Å². The maximum atomic E-state index is 12.7. The summed E-state index contributed by atoms with van der Waals surface area (Å²) >= 11 is 1.75. The zero-order chi connectivity index (χ0) is 20.1. The summed E-state index contributed by atoms with van der Waals surface area (Å²) in [6.45, 7) is 2.54. The number of rotatable bonds is 6. The Morgan fingerprint density at radius 2 is 1.82 bits per heavy atom. The number of aryl methyl sites for hydroxylation is 1. The zero-order valence-electron chi connectivity index (χ0n) is 16.3. The number of anilines is 2. The van der Waals surface area contributed by atoms with Crippen LogP contribution >= 0.6 is 11.8 Å². The predicted octanol–water partition coefficient (Wildman–Crippen LogP) is 3.87. The van der Waals surface area contributed by atoms with Crippen molar-refractivity contribution in [2.75, 3.05) is 36.7 Å². The molecule has 0 bridgehead atoms. The molecule has 28 heavy (non-hydrogen) atoms. The molecule has 0 saturated heterocycles. The maximum Gasteiger partial charge on any atom is 0.227 e. The number of nitrogens with zero attached hydrogens (tertiary/aromatic N) is 1. The van der Waals surface area contributed by atoms with Gasteiger partial charge in [0.1, 0.15) is 0 Å². The molecule has 0 aliphatic carbocycles. The van der Waals surface area contributed by atoms with Gasteiger partial charge in [0.05, 0.1) is 19.9 Å². The van der Waals surface area contributed by atoms with Gasteiger partial charge in [0, 0.05) is 41.8 Å². The van der Waals surface area contributed by atoms with E-state index in [9.17, 15) is 9.59 Å². The van der Waals surface area contributed by atoms with Gasteiger partial charge in [0.25, 0.3) is 0 Å². The third-order valence-corrected chi connectivity index (χ3v) is 5.64. The molecular formula is C21H24N2O4S. The Balaban J connectivity index is 1.62. The van der Waals surface area contributed by atoms with Gasteiger partial charge in [0.15, 0.2) is 11.5 Å². The van der Waals surface area contributed by atoms with Gasteiger partial charge in [-0.3, -0.25) is 9.59 Å². The van der Waals surface area contributed by atoms with E-state index in [1.54, 1.807) is 36.9 Å². The van der Waals surface area contributed by atoms with E-state index in [1.807, 2.05) is 37.3 Å². The quantitative estimate of drug-likeness (QED) is 0.797. The fourth-order valence-electron chi connectivity index (χ4n) is 3.11. The first-order valence-corrected chi connectivity index (χ1v) is 10.1. The van der Waals surface area contributed by atoms with Crippen LogP contribution in [-0.2, 0) is 9.59 Å². The molecule has 1 aliphatic heterocycles. The van der Waals surface area contributed by atoms with E-state index in [0.717, 1.165) is 21.9 Å². The van der Waals surface area contributed by atoms with Gasteiger partial charge in [-0.2, -0.15) is 0 Å². The number of fused-ring (bicyclic) bond motifs is 1. The summed E-state index contributed by atoms with van der Waals surface area (Å²) in [6.07, 6.45) is 0.287. The standard InChI is InChI=1S/C21H24N2O4S/c1-14-12-17(26-2)18(27-3)13-15(14)22-20(24)8-9-21(25)23-10-11-28-19-7-5-4-6-16(19)23/h4-7,12-13H,8-11H2,1-3H3,(H,22,24). The fraction of sp³-hybridized carbons (Fsp3) is 0.333. The summed E-state index contributed by atoms with van der Waals surface area (Å²) in [4.78, 5) is 27.9. The molecule has 2 aromatic rings. The third-order valence-electron chi connectivity index (χ3n) is 4.60. The zero-order valence-corrected chi connectivity index (χ0v) is 17.1. The van der Waals surface area contributed by atoms with Crippen LogP contribution < -0.4 is 19.7 Å². The van der Waals surface area contributed by atoms with Crippen LogP contribution in [0, 0.1) is 6.92 Å². The molecule has 7 heteroatoms. The Hall–Kier alpha value is -2.67. The van der Waals surface area contributed by atoms with Crippen molar-refractivity contribution in [3.05, 3.63) is 42.0 Å². The van der Waals surface area contributed by atoms with Crippen LogP contribution in [0.4, 0.5) is 11.4 Å². The van der Waals surface area contributed by atoms with Crippen molar-refractivity contribution in [2.45, 2.75) is 24.7 Å². The molecule has 3 rings (SSSR count). The number of nitrogens with one attached hydrogen (secondary N) is 1. The number of para-hydroxylation sites is 1. The molecule has 0 radical (unpaired) electrons. The van der Waals surface area contributed by atoms with E-state index in [1.165, 1.54) is 0 Å². The minimum absolute atomic E-state index is 0.0352. The number of carbonyl (C=O) groups excluding carboxylic acids is 2. The Morgan fingerprint density at radius 3 is 2.57 bits per heavy atom. The van der Waals surface area contributed by atoms with Gasteiger partial charge < -0.3 is 19.7 Å². The second kappa shape index (κ2) is 9.01. The van der Waals surface area contributed by atoms with Crippen molar-refractivity contribution in [2.24, 2.45) is 0 Å². The minimum Gasteiger partial charge on any atom is -0.493 e. The average molecular weight is 401 g/mol. The highest BCUT2D eigenvalue weighted by Crippen LogP contribution is 2.35. The van der Waals surface area contributed by atoms with E-state index in [0.29, 0.717) is 23.7 Å². The van der Waals surface area contributed by atoms with E-state index >= 15 is 0 Å². The third kappa shape index (κ3) is 4.42. The van der Waals surface area contributed by atoms with Gasteiger partial charge in [-0.05, 0) is 30.7 Å². The Kier molecular flexibility index (Phi) is 6.46. The maximum absolute atomic E-state index is 12.7. The molecule has 1 heterocycles. The lowest BCUT2D eigenvalue weighted by molar-refractivity contribution is -0.122. The summed E-state index contributed by atoms with van der Waals surface area (Å²) in [7, 11) is 3.12. The molecular weight excluding hydrogens is 376 g/mol. The Bertz CT molecular complexity index is 885. The number of carbonyl (C=O) groups is 2.